The van der Waals surface area contributed by atoms with E-state index in [9.17, 15) is 5.26 Å². The minimum atomic E-state index is -1.48. The van der Waals surface area contributed by atoms with Crippen molar-refractivity contribution in [2.45, 2.75) is 89.6 Å². The number of aromatic nitrogens is 3. The average molecular weight is 474 g/mol. The number of nitrogens with two attached hydrogens (primary N) is 1. The monoisotopic (exact) mass is 473 g/mol. The van der Waals surface area contributed by atoms with Crippen LogP contribution in [0.2, 0.25) is 0 Å². The molecule has 0 radical (unpaired) electrons. The molecule has 3 rings (SSSR count). The molecule has 0 aliphatic carbocycles. The van der Waals surface area contributed by atoms with E-state index in [4.69, 9.17) is 24.7 Å². The molecule has 0 spiro atoms. The van der Waals surface area contributed by atoms with Gasteiger partial charge >= 0.3 is 0 Å². The Morgan fingerprint density at radius 1 is 1.12 bits per heavy atom. The summed E-state index contributed by atoms with van der Waals surface area (Å²) in [4.78, 5) is 4.08. The van der Waals surface area contributed by atoms with Gasteiger partial charge in [0, 0.05) is 19.8 Å². The normalized spacial score (nSPS) is 26.8. The lowest BCUT2D eigenvalue weighted by Crippen LogP contribution is -2.55. The van der Waals surface area contributed by atoms with Gasteiger partial charge in [-0.15, -0.1) is 0 Å². The fraction of sp³-hybridized carbons (Fsp3) is 0.720. The van der Waals surface area contributed by atoms with Crippen molar-refractivity contribution in [2.24, 2.45) is 0 Å². The maximum atomic E-state index is 10.7. The Morgan fingerprint density at radius 3 is 2.53 bits per heavy atom. The number of nitrogens with zero attached hydrogens (tertiary/aromatic N) is 4. The lowest BCUT2D eigenvalue weighted by molar-refractivity contribution is -0.160. The summed E-state index contributed by atoms with van der Waals surface area (Å²) in [5.41, 5.74) is 4.64. The summed E-state index contributed by atoms with van der Waals surface area (Å²) >= 11 is 0. The third-order valence-corrected chi connectivity index (χ3v) is 6.53. The Labute approximate surface area is 202 Å². The van der Waals surface area contributed by atoms with E-state index in [2.05, 4.69) is 36.9 Å². The lowest BCUT2D eigenvalue weighted by atomic mass is 9.79. The van der Waals surface area contributed by atoms with Gasteiger partial charge in [-0.2, -0.15) is 10.4 Å². The van der Waals surface area contributed by atoms with Gasteiger partial charge in [0.1, 0.15) is 35.7 Å². The van der Waals surface area contributed by atoms with E-state index in [1.165, 1.54) is 6.33 Å². The molecule has 0 unspecified atom stereocenters. The van der Waals surface area contributed by atoms with Crippen molar-refractivity contribution in [3.8, 4) is 6.07 Å². The number of anilines is 1. The van der Waals surface area contributed by atoms with Crippen molar-refractivity contribution < 1.29 is 18.9 Å². The van der Waals surface area contributed by atoms with Gasteiger partial charge in [0.05, 0.1) is 12.3 Å². The lowest BCUT2D eigenvalue weighted by Gasteiger charge is -2.39. The number of hydrogen-bond donors (Lipinski definition) is 1. The smallest absolute Gasteiger partial charge is 0.228 e. The zero-order valence-corrected chi connectivity index (χ0v) is 21.0. The largest absolute Gasteiger partial charge is 0.382 e. The molecule has 1 saturated heterocycles. The summed E-state index contributed by atoms with van der Waals surface area (Å²) in [5, 5.41) is 15.1. The molecule has 1 fully saturated rings. The van der Waals surface area contributed by atoms with Gasteiger partial charge in [-0.1, -0.05) is 40.0 Å². The minimum absolute atomic E-state index is 0.313. The Morgan fingerprint density at radius 2 is 1.82 bits per heavy atom. The Hall–Kier alpha value is -2.25. The van der Waals surface area contributed by atoms with Crippen LogP contribution in [0.1, 0.15) is 71.9 Å². The molecule has 188 valence electrons. The van der Waals surface area contributed by atoms with Crippen molar-refractivity contribution in [2.75, 3.05) is 32.2 Å². The van der Waals surface area contributed by atoms with Crippen LogP contribution in [0.4, 0.5) is 5.82 Å². The SMILES string of the molecule is CCCCOC[C@H]1O[C@@](C#N)(c2ccc3c(N)ncnn23)[C@](C)(OCCCC)[C@@H]1OCCCC. The van der Waals surface area contributed by atoms with Gasteiger partial charge < -0.3 is 24.7 Å². The van der Waals surface area contributed by atoms with E-state index in [1.807, 2.05) is 13.0 Å². The molecule has 0 saturated carbocycles. The van der Waals surface area contributed by atoms with Crippen molar-refractivity contribution >= 4 is 11.3 Å². The highest BCUT2D eigenvalue weighted by Crippen LogP contribution is 2.50. The fourth-order valence-corrected chi connectivity index (χ4v) is 4.49. The van der Waals surface area contributed by atoms with Gasteiger partial charge in [0.25, 0.3) is 0 Å². The molecule has 3 heterocycles. The van der Waals surface area contributed by atoms with Gasteiger partial charge in [0.2, 0.25) is 5.60 Å². The van der Waals surface area contributed by atoms with Crippen LogP contribution in [0.3, 0.4) is 0 Å². The predicted molar refractivity (Wildman–Crippen MR) is 129 cm³/mol. The van der Waals surface area contributed by atoms with Crippen LogP contribution in [0.5, 0.6) is 0 Å². The summed E-state index contributed by atoms with van der Waals surface area (Å²) in [7, 11) is 0. The van der Waals surface area contributed by atoms with E-state index in [0.717, 1.165) is 38.5 Å². The van der Waals surface area contributed by atoms with E-state index < -0.39 is 23.4 Å². The fourth-order valence-electron chi connectivity index (χ4n) is 4.49. The molecular weight excluding hydrogens is 434 g/mol. The highest BCUT2D eigenvalue weighted by atomic mass is 16.6. The molecule has 1 aliphatic heterocycles. The molecule has 2 N–H and O–H groups in total. The van der Waals surface area contributed by atoms with Crippen molar-refractivity contribution in [1.29, 1.82) is 5.26 Å². The summed E-state index contributed by atoms with van der Waals surface area (Å²) < 4.78 is 27.1. The first kappa shape index (κ1) is 26.4. The van der Waals surface area contributed by atoms with Gasteiger partial charge in [0.15, 0.2) is 5.82 Å². The van der Waals surface area contributed by atoms with E-state index in [0.29, 0.717) is 43.5 Å². The highest BCUT2D eigenvalue weighted by molar-refractivity contribution is 5.66. The molecule has 1 aliphatic rings. The number of nitriles is 1. The van der Waals surface area contributed by atoms with Gasteiger partial charge in [-0.05, 0) is 38.3 Å². The van der Waals surface area contributed by atoms with E-state index in [1.54, 1.807) is 10.6 Å². The van der Waals surface area contributed by atoms with Gasteiger partial charge in [-0.25, -0.2) is 9.50 Å². The molecule has 2 aromatic heterocycles. The zero-order chi connectivity index (χ0) is 24.6. The van der Waals surface area contributed by atoms with Crippen molar-refractivity contribution in [3.63, 3.8) is 0 Å². The maximum absolute atomic E-state index is 10.7. The number of fused-ring (bicyclic) bond motifs is 1. The standard InChI is InChI=1S/C25H39N5O4/c1-5-8-13-31-16-20-22(32-14-9-6-2)24(4,33-15-10-7-3)25(17-26,34-20)21-12-11-19-23(27)28-18-29-30(19)21/h11-12,18,20,22H,5-10,13-16H2,1-4H3,(H2,27,28,29)/t20-,22-,24-,25+/m1/s1. The summed E-state index contributed by atoms with van der Waals surface area (Å²) in [6.45, 7) is 10.2. The molecular formula is C25H39N5O4. The molecule has 4 atom stereocenters. The average Bonchev–Trinajstić information content (AvgIpc) is 3.37. The van der Waals surface area contributed by atoms with Crippen LogP contribution in [0, 0.1) is 11.3 Å². The number of ether oxygens (including phenoxy) is 4. The van der Waals surface area contributed by atoms with Crippen LogP contribution in [-0.4, -0.2) is 58.8 Å². The Bertz CT molecular complexity index is 960. The molecule has 9 nitrogen and oxygen atoms in total. The molecule has 34 heavy (non-hydrogen) atoms. The second-order valence-electron chi connectivity index (χ2n) is 8.99. The third kappa shape index (κ3) is 4.91. The highest BCUT2D eigenvalue weighted by Gasteiger charge is 2.67. The third-order valence-electron chi connectivity index (χ3n) is 6.53. The maximum Gasteiger partial charge on any atom is 0.228 e. The first-order chi connectivity index (χ1) is 16.5. The minimum Gasteiger partial charge on any atom is -0.382 e. The number of unbranched alkanes of at least 4 members (excludes halogenated alkanes) is 3. The summed E-state index contributed by atoms with van der Waals surface area (Å²) in [6, 6.07) is 6.07. The molecule has 0 aromatic carbocycles. The second kappa shape index (κ2) is 11.9. The molecule has 0 bridgehead atoms. The molecule has 2 aromatic rings. The Balaban J connectivity index is 2.08. The van der Waals surface area contributed by atoms with Crippen LogP contribution < -0.4 is 5.73 Å². The topological polar surface area (TPSA) is 117 Å². The summed E-state index contributed by atoms with van der Waals surface area (Å²) in [6.07, 6.45) is 6.14. The van der Waals surface area contributed by atoms with Crippen LogP contribution >= 0.6 is 0 Å². The van der Waals surface area contributed by atoms with E-state index >= 15 is 0 Å². The van der Waals surface area contributed by atoms with Crippen LogP contribution in [0.15, 0.2) is 18.5 Å². The first-order valence-electron chi connectivity index (χ1n) is 12.5. The summed E-state index contributed by atoms with van der Waals surface area (Å²) in [5.74, 6) is 0.330. The first-order valence-corrected chi connectivity index (χ1v) is 12.5. The number of nitrogen functional groups attached to an aromatic ring is 1. The van der Waals surface area contributed by atoms with Gasteiger partial charge in [-0.3, -0.25) is 0 Å². The van der Waals surface area contributed by atoms with Crippen LogP contribution in [-0.2, 0) is 24.5 Å². The van der Waals surface area contributed by atoms with Crippen molar-refractivity contribution in [1.82, 2.24) is 14.6 Å². The Kier molecular flexibility index (Phi) is 9.25. The zero-order valence-electron chi connectivity index (χ0n) is 21.0. The second-order valence-corrected chi connectivity index (χ2v) is 8.99. The molecule has 0 amide bonds. The van der Waals surface area contributed by atoms with Crippen LogP contribution in [0.25, 0.3) is 5.52 Å². The quantitative estimate of drug-likeness (QED) is 0.409. The molecule has 9 heteroatoms. The van der Waals surface area contributed by atoms with E-state index in [-0.39, 0.29) is 0 Å². The number of hydrogen-bond acceptors (Lipinski definition) is 8. The van der Waals surface area contributed by atoms with Crippen molar-refractivity contribution in [3.05, 3.63) is 24.2 Å². The number of rotatable bonds is 14. The predicted octanol–water partition coefficient (Wildman–Crippen LogP) is 4.01.